The fourth-order valence-corrected chi connectivity index (χ4v) is 3.16. The van der Waals surface area contributed by atoms with Gasteiger partial charge in [0.05, 0.1) is 0 Å². The van der Waals surface area contributed by atoms with Gasteiger partial charge in [0.2, 0.25) is 5.78 Å². The summed E-state index contributed by atoms with van der Waals surface area (Å²) >= 11 is 0. The van der Waals surface area contributed by atoms with Crippen molar-refractivity contribution in [3.05, 3.63) is 66.2 Å². The molecule has 1 aliphatic carbocycles. The monoisotopic (exact) mass is 333 g/mol. The third-order valence-electron chi connectivity index (χ3n) is 4.58. The third-order valence-corrected chi connectivity index (χ3v) is 4.58. The lowest BCUT2D eigenvalue weighted by Crippen LogP contribution is -2.30. The van der Waals surface area contributed by atoms with Gasteiger partial charge in [-0.1, -0.05) is 60.9 Å². The smallest absolute Gasteiger partial charge is 0.232 e. The van der Waals surface area contributed by atoms with E-state index < -0.39 is 11.6 Å². The summed E-state index contributed by atoms with van der Waals surface area (Å²) in [4.78, 5) is 12.8. The zero-order chi connectivity index (χ0) is 17.5. The average molecular weight is 333 g/mol. The van der Waals surface area contributed by atoms with E-state index in [-0.39, 0.29) is 5.78 Å². The number of carbonyl (C=O) groups is 1. The predicted octanol–water partition coefficient (Wildman–Crippen LogP) is 4.11. The van der Waals surface area contributed by atoms with E-state index in [1.165, 1.54) is 0 Å². The lowest BCUT2D eigenvalue weighted by atomic mass is 9.85. The average Bonchev–Trinajstić information content (AvgIpc) is 2.66. The van der Waals surface area contributed by atoms with Gasteiger partial charge in [-0.15, -0.1) is 0 Å². The number of hydrogen-bond acceptors (Lipinski definition) is 3. The molecule has 0 amide bonds. The number of hydrogen-bond donors (Lipinski definition) is 2. The third kappa shape index (κ3) is 4.71. The molecule has 1 saturated carbocycles. The number of para-hydroxylation sites is 1. The minimum Gasteiger partial charge on any atom is -0.378 e. The molecule has 1 fully saturated rings. The molecule has 0 heterocycles. The number of Topliss-reactive ketones (excluding diaryl/α,β-unsaturated/α-hetero) is 1. The van der Waals surface area contributed by atoms with Gasteiger partial charge < -0.3 is 10.4 Å². The Labute approximate surface area is 149 Å². The van der Waals surface area contributed by atoms with Crippen molar-refractivity contribution in [2.45, 2.75) is 43.7 Å². The Hall–Kier alpha value is -2.57. The summed E-state index contributed by atoms with van der Waals surface area (Å²) in [7, 11) is 0. The number of rotatable bonds is 4. The van der Waals surface area contributed by atoms with Crippen molar-refractivity contribution < 1.29 is 9.90 Å². The Morgan fingerprint density at radius 3 is 2.20 bits per heavy atom. The number of aliphatic hydroxyl groups is 1. The fourth-order valence-electron chi connectivity index (χ4n) is 3.16. The van der Waals surface area contributed by atoms with Crippen LogP contribution in [-0.2, 0) is 4.79 Å². The van der Waals surface area contributed by atoms with Crippen molar-refractivity contribution in [3.8, 4) is 11.8 Å². The highest BCUT2D eigenvalue weighted by atomic mass is 16.3. The minimum absolute atomic E-state index is 0.228. The van der Waals surface area contributed by atoms with Crippen LogP contribution in [0.4, 0.5) is 5.69 Å². The Morgan fingerprint density at radius 1 is 0.960 bits per heavy atom. The standard InChI is InChI=1S/C22H23NO2/c24-20(14-17-22(25)15-8-3-9-16-22)21(18-10-4-1-5-11-18)23-19-12-6-2-7-13-19/h1-2,4-7,10-13,21,23,25H,3,8-9,15-16H2. The first-order chi connectivity index (χ1) is 12.2. The molecule has 128 valence electrons. The molecule has 3 heteroatoms. The topological polar surface area (TPSA) is 49.3 Å². The van der Waals surface area contributed by atoms with Crippen LogP contribution in [0.1, 0.15) is 43.7 Å². The van der Waals surface area contributed by atoms with E-state index in [9.17, 15) is 9.90 Å². The second kappa shape index (κ2) is 8.00. The molecule has 2 aromatic carbocycles. The van der Waals surface area contributed by atoms with Crippen molar-refractivity contribution in [3.63, 3.8) is 0 Å². The molecule has 3 rings (SSSR count). The largest absolute Gasteiger partial charge is 0.378 e. The Bertz CT molecular complexity index is 753. The lowest BCUT2D eigenvalue weighted by Gasteiger charge is -2.26. The Morgan fingerprint density at radius 2 is 1.56 bits per heavy atom. The molecule has 1 unspecified atom stereocenters. The van der Waals surface area contributed by atoms with Crippen LogP contribution >= 0.6 is 0 Å². The number of benzene rings is 2. The van der Waals surface area contributed by atoms with Crippen LogP contribution in [-0.4, -0.2) is 16.5 Å². The van der Waals surface area contributed by atoms with Crippen LogP contribution in [0.2, 0.25) is 0 Å². The Kier molecular flexibility index (Phi) is 5.53. The summed E-state index contributed by atoms with van der Waals surface area (Å²) in [6.45, 7) is 0. The lowest BCUT2D eigenvalue weighted by molar-refractivity contribution is -0.114. The van der Waals surface area contributed by atoms with Crippen LogP contribution in [0.25, 0.3) is 0 Å². The van der Waals surface area contributed by atoms with Crippen molar-refractivity contribution in [1.29, 1.82) is 0 Å². The molecular weight excluding hydrogens is 310 g/mol. The van der Waals surface area contributed by atoms with Crippen LogP contribution in [0.15, 0.2) is 60.7 Å². The highest BCUT2D eigenvalue weighted by molar-refractivity contribution is 6.02. The van der Waals surface area contributed by atoms with Gasteiger partial charge >= 0.3 is 0 Å². The number of nitrogens with one attached hydrogen (secondary N) is 1. The van der Waals surface area contributed by atoms with E-state index in [2.05, 4.69) is 17.2 Å². The second-order valence-corrected chi connectivity index (χ2v) is 6.56. The highest BCUT2D eigenvalue weighted by Gasteiger charge is 2.27. The first kappa shape index (κ1) is 17.3. The molecular formula is C22H23NO2. The molecule has 0 bridgehead atoms. The van der Waals surface area contributed by atoms with Crippen molar-refractivity contribution in [1.82, 2.24) is 0 Å². The van der Waals surface area contributed by atoms with E-state index >= 15 is 0 Å². The van der Waals surface area contributed by atoms with Gasteiger partial charge in [-0.05, 0) is 49.3 Å². The fraction of sp³-hybridized carbons (Fsp3) is 0.318. The maximum atomic E-state index is 12.8. The summed E-state index contributed by atoms with van der Waals surface area (Å²) in [5, 5.41) is 13.8. The van der Waals surface area contributed by atoms with E-state index in [0.29, 0.717) is 12.8 Å². The summed E-state index contributed by atoms with van der Waals surface area (Å²) in [5.41, 5.74) is 0.714. The summed E-state index contributed by atoms with van der Waals surface area (Å²) in [5.74, 6) is 5.33. The van der Waals surface area contributed by atoms with Crippen LogP contribution in [0.3, 0.4) is 0 Å². The zero-order valence-electron chi connectivity index (χ0n) is 14.2. The quantitative estimate of drug-likeness (QED) is 0.654. The SMILES string of the molecule is O=C(C#CC1(O)CCCCC1)C(Nc1ccccc1)c1ccccc1. The van der Waals surface area contributed by atoms with Crippen LogP contribution < -0.4 is 5.32 Å². The molecule has 2 N–H and O–H groups in total. The summed E-state index contributed by atoms with van der Waals surface area (Å²) < 4.78 is 0. The van der Waals surface area contributed by atoms with E-state index in [0.717, 1.165) is 30.5 Å². The maximum absolute atomic E-state index is 12.8. The number of carbonyl (C=O) groups excluding carboxylic acids is 1. The highest BCUT2D eigenvalue weighted by Crippen LogP contribution is 2.27. The number of ketones is 1. The molecule has 0 aromatic heterocycles. The van der Waals surface area contributed by atoms with E-state index in [4.69, 9.17) is 0 Å². The first-order valence-electron chi connectivity index (χ1n) is 8.82. The molecule has 3 nitrogen and oxygen atoms in total. The van der Waals surface area contributed by atoms with Gasteiger partial charge in [0, 0.05) is 5.69 Å². The predicted molar refractivity (Wildman–Crippen MR) is 100 cm³/mol. The molecule has 1 aliphatic rings. The molecule has 2 aromatic rings. The van der Waals surface area contributed by atoms with Gasteiger partial charge in [0.15, 0.2) is 0 Å². The molecule has 0 aliphatic heterocycles. The van der Waals surface area contributed by atoms with Crippen LogP contribution in [0, 0.1) is 11.8 Å². The maximum Gasteiger partial charge on any atom is 0.232 e. The van der Waals surface area contributed by atoms with Gasteiger partial charge in [0.25, 0.3) is 0 Å². The van der Waals surface area contributed by atoms with E-state index in [1.807, 2.05) is 60.7 Å². The molecule has 1 atom stereocenters. The molecule has 0 saturated heterocycles. The minimum atomic E-state index is -1.01. The van der Waals surface area contributed by atoms with Gasteiger partial charge in [-0.25, -0.2) is 0 Å². The first-order valence-corrected chi connectivity index (χ1v) is 8.82. The summed E-state index contributed by atoms with van der Waals surface area (Å²) in [6.07, 6.45) is 4.35. The normalized spacial score (nSPS) is 17.0. The van der Waals surface area contributed by atoms with Gasteiger partial charge in [0.1, 0.15) is 11.6 Å². The Balaban J connectivity index is 1.83. The van der Waals surface area contributed by atoms with Crippen LogP contribution in [0.5, 0.6) is 0 Å². The zero-order valence-corrected chi connectivity index (χ0v) is 14.2. The number of anilines is 1. The van der Waals surface area contributed by atoms with Crippen molar-refractivity contribution >= 4 is 11.5 Å². The molecule has 0 spiro atoms. The second-order valence-electron chi connectivity index (χ2n) is 6.56. The van der Waals surface area contributed by atoms with Crippen molar-refractivity contribution in [2.75, 3.05) is 5.32 Å². The van der Waals surface area contributed by atoms with E-state index in [1.54, 1.807) is 0 Å². The molecule has 25 heavy (non-hydrogen) atoms. The summed E-state index contributed by atoms with van der Waals surface area (Å²) in [6, 6.07) is 18.6. The van der Waals surface area contributed by atoms with Gasteiger partial charge in [-0.3, -0.25) is 4.79 Å². The van der Waals surface area contributed by atoms with Crippen molar-refractivity contribution in [2.24, 2.45) is 0 Å². The van der Waals surface area contributed by atoms with Gasteiger partial charge in [-0.2, -0.15) is 0 Å². The molecule has 0 radical (unpaired) electrons.